The number of benzene rings is 2. The van der Waals surface area contributed by atoms with E-state index in [4.69, 9.17) is 16.3 Å². The van der Waals surface area contributed by atoms with Crippen LogP contribution in [0.1, 0.15) is 24.0 Å². The Kier molecular flexibility index (Phi) is 6.48. The summed E-state index contributed by atoms with van der Waals surface area (Å²) in [5.41, 5.74) is 2.57. The van der Waals surface area contributed by atoms with Gasteiger partial charge in [0.15, 0.2) is 11.5 Å². The van der Waals surface area contributed by atoms with Crippen molar-refractivity contribution < 1.29 is 14.3 Å². The molecule has 1 aromatic heterocycles. The first kappa shape index (κ1) is 20.9. The maximum Gasteiger partial charge on any atom is 0.322 e. The number of hydrogen-bond acceptors (Lipinski definition) is 4. The Hall–Kier alpha value is -3.38. The third-order valence-electron chi connectivity index (χ3n) is 5.09. The number of amides is 2. The number of para-hydroxylation sites is 1. The van der Waals surface area contributed by atoms with E-state index in [-0.39, 0.29) is 18.4 Å². The molecule has 4 rings (SSSR count). The van der Waals surface area contributed by atoms with Crippen molar-refractivity contribution >= 4 is 29.1 Å². The minimum atomic E-state index is -0.369. The maximum atomic E-state index is 13.0. The first-order valence-corrected chi connectivity index (χ1v) is 10.5. The van der Waals surface area contributed by atoms with Crippen molar-refractivity contribution in [3.8, 4) is 11.5 Å². The van der Waals surface area contributed by atoms with E-state index in [0.29, 0.717) is 35.2 Å². The van der Waals surface area contributed by atoms with Gasteiger partial charge in [0, 0.05) is 29.4 Å². The number of carbonyl (C=O) groups excluding carboxylic acids is 2. The van der Waals surface area contributed by atoms with Gasteiger partial charge in [-0.3, -0.25) is 14.7 Å². The van der Waals surface area contributed by atoms with Gasteiger partial charge >= 0.3 is 6.03 Å². The summed E-state index contributed by atoms with van der Waals surface area (Å²) in [6.07, 6.45) is 5.41. The zero-order valence-corrected chi connectivity index (χ0v) is 17.6. The van der Waals surface area contributed by atoms with E-state index in [1.807, 2.05) is 36.4 Å². The summed E-state index contributed by atoms with van der Waals surface area (Å²) in [4.78, 5) is 30.8. The van der Waals surface area contributed by atoms with Crippen LogP contribution in [-0.4, -0.2) is 23.3 Å². The number of pyridine rings is 1. The average molecular weight is 436 g/mol. The molecule has 0 radical (unpaired) electrons. The van der Waals surface area contributed by atoms with Crippen molar-refractivity contribution in [3.63, 3.8) is 0 Å². The van der Waals surface area contributed by atoms with Crippen LogP contribution in [0.4, 0.5) is 10.5 Å². The van der Waals surface area contributed by atoms with Gasteiger partial charge in [-0.25, -0.2) is 4.79 Å². The Morgan fingerprint density at radius 1 is 1.06 bits per heavy atom. The highest BCUT2D eigenvalue weighted by atomic mass is 35.5. The van der Waals surface area contributed by atoms with E-state index in [1.54, 1.807) is 35.5 Å². The zero-order chi connectivity index (χ0) is 21.6. The van der Waals surface area contributed by atoms with Gasteiger partial charge in [-0.2, -0.15) is 0 Å². The van der Waals surface area contributed by atoms with Gasteiger partial charge in [-0.1, -0.05) is 29.8 Å². The molecule has 0 bridgehead atoms. The highest BCUT2D eigenvalue weighted by Crippen LogP contribution is 2.40. The van der Waals surface area contributed by atoms with E-state index in [2.05, 4.69) is 10.3 Å². The van der Waals surface area contributed by atoms with Crippen LogP contribution in [0.5, 0.6) is 11.5 Å². The van der Waals surface area contributed by atoms with Crippen molar-refractivity contribution in [1.29, 1.82) is 0 Å². The lowest BCUT2D eigenvalue weighted by Gasteiger charge is -2.22. The molecule has 1 N–H and O–H groups in total. The third kappa shape index (κ3) is 5.22. The van der Waals surface area contributed by atoms with Gasteiger partial charge in [-0.15, -0.1) is 0 Å². The highest BCUT2D eigenvalue weighted by Gasteiger charge is 2.25. The minimum absolute atomic E-state index is 0.0137. The molecule has 0 fully saturated rings. The molecule has 2 aromatic carbocycles. The molecule has 0 saturated carbocycles. The lowest BCUT2D eigenvalue weighted by molar-refractivity contribution is -0.118. The smallest absolute Gasteiger partial charge is 0.322 e. The fourth-order valence-corrected chi connectivity index (χ4v) is 3.64. The van der Waals surface area contributed by atoms with E-state index >= 15 is 0 Å². The van der Waals surface area contributed by atoms with E-state index in [9.17, 15) is 9.59 Å². The van der Waals surface area contributed by atoms with E-state index in [1.165, 1.54) is 0 Å². The Balaban J connectivity index is 1.40. The number of hydrogen-bond donors (Lipinski definition) is 1. The molecule has 3 aromatic rings. The molecule has 31 heavy (non-hydrogen) atoms. The Labute approximate surface area is 185 Å². The molecule has 1 aliphatic heterocycles. The maximum absolute atomic E-state index is 13.0. The predicted molar refractivity (Wildman–Crippen MR) is 120 cm³/mol. The summed E-state index contributed by atoms with van der Waals surface area (Å²) < 4.78 is 6.01. The highest BCUT2D eigenvalue weighted by molar-refractivity contribution is 6.31. The largest absolute Gasteiger partial charge is 0.455 e. The van der Waals surface area contributed by atoms with Gasteiger partial charge in [0.25, 0.3) is 0 Å². The van der Waals surface area contributed by atoms with Gasteiger partial charge in [0.1, 0.15) is 5.75 Å². The first-order chi connectivity index (χ1) is 15.1. The summed E-state index contributed by atoms with van der Waals surface area (Å²) in [5.74, 6) is 1.21. The summed E-state index contributed by atoms with van der Waals surface area (Å²) in [5, 5.41) is 3.25. The molecule has 1 aliphatic rings. The number of rotatable bonds is 6. The fourth-order valence-electron chi connectivity index (χ4n) is 3.47. The number of aryl methyl sites for hydroxylation is 1. The zero-order valence-electron chi connectivity index (χ0n) is 16.9. The number of halogens is 1. The van der Waals surface area contributed by atoms with Crippen LogP contribution in [0.3, 0.4) is 0 Å². The van der Waals surface area contributed by atoms with Crippen LogP contribution in [0.2, 0.25) is 5.02 Å². The Morgan fingerprint density at radius 2 is 1.87 bits per heavy atom. The summed E-state index contributed by atoms with van der Waals surface area (Å²) in [6, 6.07) is 16.2. The standard InChI is InChI=1S/C24H22ClN3O3/c25-19-8-9-23-21(14-19)28(16-18-5-1-2-7-22(18)31-23)24(30)27-15-20(29)6-3-4-17-10-12-26-13-11-17/h1-2,5,7-14H,3-4,6,15-16H2,(H,27,30). The lowest BCUT2D eigenvalue weighted by Crippen LogP contribution is -2.41. The van der Waals surface area contributed by atoms with Crippen LogP contribution < -0.4 is 15.0 Å². The molecule has 2 amide bonds. The second-order valence-corrected chi connectivity index (χ2v) is 7.75. The van der Waals surface area contributed by atoms with Crippen molar-refractivity contribution in [2.24, 2.45) is 0 Å². The van der Waals surface area contributed by atoms with Crippen molar-refractivity contribution in [1.82, 2.24) is 10.3 Å². The molecule has 0 saturated heterocycles. The fraction of sp³-hybridized carbons (Fsp3) is 0.208. The summed E-state index contributed by atoms with van der Waals surface area (Å²) in [7, 11) is 0. The van der Waals surface area contributed by atoms with Crippen LogP contribution >= 0.6 is 11.6 Å². The number of urea groups is 1. The summed E-state index contributed by atoms with van der Waals surface area (Å²) in [6.45, 7) is 0.287. The lowest BCUT2D eigenvalue weighted by atomic mass is 10.1. The monoisotopic (exact) mass is 435 g/mol. The number of nitrogens with one attached hydrogen (secondary N) is 1. The van der Waals surface area contributed by atoms with Gasteiger partial charge < -0.3 is 10.1 Å². The van der Waals surface area contributed by atoms with E-state index in [0.717, 1.165) is 24.0 Å². The van der Waals surface area contributed by atoms with Crippen molar-refractivity contribution in [3.05, 3.63) is 83.1 Å². The van der Waals surface area contributed by atoms with Crippen LogP contribution in [0.25, 0.3) is 0 Å². The quantitative estimate of drug-likeness (QED) is 0.581. The number of ether oxygens (including phenoxy) is 1. The number of Topliss-reactive ketones (excluding diaryl/α,β-unsaturated/α-hetero) is 1. The van der Waals surface area contributed by atoms with Crippen LogP contribution in [-0.2, 0) is 17.8 Å². The molecule has 2 heterocycles. The van der Waals surface area contributed by atoms with Gasteiger partial charge in [0.2, 0.25) is 0 Å². The number of fused-ring (bicyclic) bond motifs is 2. The molecule has 6 nitrogen and oxygen atoms in total. The van der Waals surface area contributed by atoms with Gasteiger partial charge in [-0.05, 0) is 54.8 Å². The summed E-state index contributed by atoms with van der Waals surface area (Å²) >= 11 is 6.17. The van der Waals surface area contributed by atoms with Crippen molar-refractivity contribution in [2.75, 3.05) is 11.4 Å². The molecular weight excluding hydrogens is 414 g/mol. The number of aromatic nitrogens is 1. The third-order valence-corrected chi connectivity index (χ3v) is 5.32. The molecule has 158 valence electrons. The predicted octanol–water partition coefficient (Wildman–Crippen LogP) is 5.15. The normalized spacial score (nSPS) is 12.2. The molecule has 0 aliphatic carbocycles. The van der Waals surface area contributed by atoms with Crippen LogP contribution in [0, 0.1) is 0 Å². The number of ketones is 1. The Morgan fingerprint density at radius 3 is 2.71 bits per heavy atom. The molecule has 0 spiro atoms. The van der Waals surface area contributed by atoms with Crippen LogP contribution in [0.15, 0.2) is 67.0 Å². The average Bonchev–Trinajstić information content (AvgIpc) is 2.95. The minimum Gasteiger partial charge on any atom is -0.455 e. The second kappa shape index (κ2) is 9.62. The SMILES string of the molecule is O=C(CCCc1ccncc1)CNC(=O)N1Cc2ccccc2Oc2ccc(Cl)cc21. The molecule has 0 unspecified atom stereocenters. The van der Waals surface area contributed by atoms with Crippen molar-refractivity contribution in [2.45, 2.75) is 25.8 Å². The molecular formula is C24H22ClN3O3. The van der Waals surface area contributed by atoms with E-state index < -0.39 is 0 Å². The molecule has 0 atom stereocenters. The van der Waals surface area contributed by atoms with Gasteiger partial charge in [0.05, 0.1) is 18.8 Å². The molecule has 7 heteroatoms. The Bertz CT molecular complexity index is 1090. The number of nitrogens with zero attached hydrogens (tertiary/aromatic N) is 2. The number of carbonyl (C=O) groups is 2. The topological polar surface area (TPSA) is 71.5 Å². The second-order valence-electron chi connectivity index (χ2n) is 7.31. The number of anilines is 1. The first-order valence-electron chi connectivity index (χ1n) is 10.1.